The fourth-order valence-electron chi connectivity index (χ4n) is 2.60. The third kappa shape index (κ3) is 3.40. The minimum Gasteiger partial charge on any atom is -0.351 e. The summed E-state index contributed by atoms with van der Waals surface area (Å²) in [6.45, 7) is 10.5. The van der Waals surface area contributed by atoms with Crippen molar-refractivity contribution in [3.63, 3.8) is 0 Å². The second-order valence-electron chi connectivity index (χ2n) is 6.14. The summed E-state index contributed by atoms with van der Waals surface area (Å²) in [6.07, 6.45) is 2.64. The van der Waals surface area contributed by atoms with Gasteiger partial charge in [0.25, 0.3) is 0 Å². The van der Waals surface area contributed by atoms with Gasteiger partial charge in [-0.25, -0.2) is 0 Å². The van der Waals surface area contributed by atoms with E-state index in [0.29, 0.717) is 10.7 Å². The number of hydrogen-bond donors (Lipinski definition) is 0. The van der Waals surface area contributed by atoms with Crippen molar-refractivity contribution >= 4 is 32.9 Å². The minimum atomic E-state index is 0.467. The van der Waals surface area contributed by atoms with E-state index in [2.05, 4.69) is 46.6 Å². The zero-order chi connectivity index (χ0) is 12.5. The molecule has 2 rings (SSSR count). The Bertz CT molecular complexity index is 290. The van der Waals surface area contributed by atoms with Crippen LogP contribution in [-0.4, -0.2) is 40.3 Å². The van der Waals surface area contributed by atoms with Crippen LogP contribution in [0.15, 0.2) is 4.99 Å². The smallest absolute Gasteiger partial charge is 0.159 e. The van der Waals surface area contributed by atoms with Crippen molar-refractivity contribution in [1.82, 2.24) is 4.90 Å². The lowest BCUT2D eigenvalue weighted by Gasteiger charge is -2.39. The van der Waals surface area contributed by atoms with Gasteiger partial charge in [-0.05, 0) is 24.2 Å². The molecule has 98 valence electrons. The van der Waals surface area contributed by atoms with E-state index in [-0.39, 0.29) is 0 Å². The van der Waals surface area contributed by atoms with Crippen LogP contribution in [0.25, 0.3) is 0 Å². The lowest BCUT2D eigenvalue weighted by atomic mass is 9.75. The molecule has 2 aliphatic rings. The average molecular weight is 319 g/mol. The largest absolute Gasteiger partial charge is 0.351 e. The Balaban J connectivity index is 1.84. The van der Waals surface area contributed by atoms with Gasteiger partial charge in [0.2, 0.25) is 0 Å². The molecule has 1 fully saturated rings. The average Bonchev–Trinajstić information content (AvgIpc) is 2.76. The Morgan fingerprint density at radius 2 is 2.00 bits per heavy atom. The maximum Gasteiger partial charge on any atom is 0.159 e. The van der Waals surface area contributed by atoms with E-state index >= 15 is 0 Å². The van der Waals surface area contributed by atoms with Crippen molar-refractivity contribution in [2.75, 3.05) is 25.0 Å². The van der Waals surface area contributed by atoms with Crippen LogP contribution < -0.4 is 0 Å². The Labute approximate surface area is 118 Å². The van der Waals surface area contributed by atoms with E-state index < -0.39 is 0 Å². The number of piperidine rings is 1. The molecular formula is C13H23BrN2S. The third-order valence-electron chi connectivity index (χ3n) is 3.86. The third-order valence-corrected chi connectivity index (χ3v) is 6.32. The molecule has 17 heavy (non-hydrogen) atoms. The highest BCUT2D eigenvalue weighted by atomic mass is 79.9. The minimum absolute atomic E-state index is 0.467. The molecule has 0 aromatic heterocycles. The molecule has 0 spiro atoms. The Hall–Kier alpha value is 0.300. The second kappa shape index (κ2) is 5.52. The first-order valence-corrected chi connectivity index (χ1v) is 8.53. The molecule has 4 heteroatoms. The Kier molecular flexibility index (Phi) is 4.45. The number of aliphatic imine (C=N–C) groups is 1. The van der Waals surface area contributed by atoms with Crippen LogP contribution in [0.2, 0.25) is 0 Å². The summed E-state index contributed by atoms with van der Waals surface area (Å²) in [6, 6.07) is 0. The summed E-state index contributed by atoms with van der Waals surface area (Å²) in [5.41, 5.74) is 0.467. The van der Waals surface area contributed by atoms with Crippen molar-refractivity contribution in [3.8, 4) is 0 Å². The summed E-state index contributed by atoms with van der Waals surface area (Å²) in [7, 11) is 0. The highest BCUT2D eigenvalue weighted by Gasteiger charge is 2.31. The number of thioether (sulfide) groups is 1. The van der Waals surface area contributed by atoms with Crippen LogP contribution in [0.4, 0.5) is 0 Å². The first-order valence-electron chi connectivity index (χ1n) is 6.52. The molecule has 0 N–H and O–H groups in total. The van der Waals surface area contributed by atoms with Gasteiger partial charge in [0.1, 0.15) is 0 Å². The molecule has 1 saturated heterocycles. The number of rotatable bonds is 1. The fourth-order valence-corrected chi connectivity index (χ4v) is 4.19. The van der Waals surface area contributed by atoms with E-state index in [1.807, 2.05) is 11.8 Å². The summed E-state index contributed by atoms with van der Waals surface area (Å²) in [5, 5.41) is 3.01. The molecule has 0 aromatic rings. The molecule has 0 radical (unpaired) electrons. The van der Waals surface area contributed by atoms with E-state index in [1.165, 1.54) is 31.1 Å². The topological polar surface area (TPSA) is 15.6 Å². The highest BCUT2D eigenvalue weighted by molar-refractivity contribution is 9.09. The molecule has 2 nitrogen and oxygen atoms in total. The van der Waals surface area contributed by atoms with Gasteiger partial charge in [0, 0.05) is 23.7 Å². The van der Waals surface area contributed by atoms with E-state index in [0.717, 1.165) is 17.8 Å². The highest BCUT2D eigenvalue weighted by Crippen LogP contribution is 2.36. The number of halogens is 1. The van der Waals surface area contributed by atoms with Gasteiger partial charge in [-0.15, -0.1) is 0 Å². The number of nitrogens with zero attached hydrogens (tertiary/aromatic N) is 2. The Morgan fingerprint density at radius 3 is 2.47 bits per heavy atom. The summed E-state index contributed by atoms with van der Waals surface area (Å²) in [4.78, 5) is 7.17. The van der Waals surface area contributed by atoms with Crippen molar-refractivity contribution in [2.45, 2.75) is 38.9 Å². The van der Waals surface area contributed by atoms with Gasteiger partial charge >= 0.3 is 0 Å². The number of hydrogen-bond acceptors (Lipinski definition) is 3. The summed E-state index contributed by atoms with van der Waals surface area (Å²) >= 11 is 5.51. The first kappa shape index (κ1) is 13.7. The zero-order valence-electron chi connectivity index (χ0n) is 11.1. The number of amidine groups is 1. The molecule has 2 heterocycles. The van der Waals surface area contributed by atoms with Gasteiger partial charge in [0.15, 0.2) is 5.17 Å². The summed E-state index contributed by atoms with van der Waals surface area (Å²) in [5.74, 6) is 0.873. The van der Waals surface area contributed by atoms with Crippen LogP contribution in [-0.2, 0) is 0 Å². The molecule has 0 aliphatic carbocycles. The van der Waals surface area contributed by atoms with Crippen LogP contribution in [0.5, 0.6) is 0 Å². The van der Waals surface area contributed by atoms with Gasteiger partial charge < -0.3 is 4.90 Å². The predicted octanol–water partition coefficient (Wildman–Crippen LogP) is 3.61. The van der Waals surface area contributed by atoms with Crippen LogP contribution in [0.1, 0.15) is 33.6 Å². The normalized spacial score (nSPS) is 27.4. The maximum atomic E-state index is 4.67. The van der Waals surface area contributed by atoms with Gasteiger partial charge in [-0.2, -0.15) is 0 Å². The SMILES string of the molecule is CC(C)(C)C1CCN(C2=NCC(CBr)S2)CC1. The Morgan fingerprint density at radius 1 is 1.35 bits per heavy atom. The fraction of sp³-hybridized carbons (Fsp3) is 0.923. The number of likely N-dealkylation sites (tertiary alicyclic amines) is 1. The van der Waals surface area contributed by atoms with Crippen LogP contribution >= 0.6 is 27.7 Å². The quantitative estimate of drug-likeness (QED) is 0.686. The molecule has 1 unspecified atom stereocenters. The van der Waals surface area contributed by atoms with Crippen LogP contribution in [0.3, 0.4) is 0 Å². The molecule has 0 aromatic carbocycles. The molecule has 0 saturated carbocycles. The predicted molar refractivity (Wildman–Crippen MR) is 81.2 cm³/mol. The summed E-state index contributed by atoms with van der Waals surface area (Å²) < 4.78 is 0. The first-order chi connectivity index (χ1) is 8.00. The molecule has 0 amide bonds. The molecule has 2 aliphatic heterocycles. The van der Waals surface area contributed by atoms with Crippen molar-refractivity contribution in [2.24, 2.45) is 16.3 Å². The van der Waals surface area contributed by atoms with Gasteiger partial charge in [0.05, 0.1) is 6.54 Å². The van der Waals surface area contributed by atoms with E-state index in [9.17, 15) is 0 Å². The van der Waals surface area contributed by atoms with Gasteiger partial charge in [-0.1, -0.05) is 48.5 Å². The van der Waals surface area contributed by atoms with E-state index in [4.69, 9.17) is 0 Å². The monoisotopic (exact) mass is 318 g/mol. The van der Waals surface area contributed by atoms with Crippen molar-refractivity contribution in [3.05, 3.63) is 0 Å². The van der Waals surface area contributed by atoms with E-state index in [1.54, 1.807) is 0 Å². The van der Waals surface area contributed by atoms with Crippen molar-refractivity contribution in [1.29, 1.82) is 0 Å². The molecule has 0 bridgehead atoms. The maximum absolute atomic E-state index is 4.67. The standard InChI is InChI=1S/C13H23BrN2S/c1-13(2,3)10-4-6-16(7-5-10)12-15-9-11(8-14)17-12/h10-11H,4-9H2,1-3H3. The zero-order valence-corrected chi connectivity index (χ0v) is 13.5. The molecular weight excluding hydrogens is 296 g/mol. The van der Waals surface area contributed by atoms with Crippen molar-refractivity contribution < 1.29 is 0 Å². The second-order valence-corrected chi connectivity index (χ2v) is 8.06. The van der Waals surface area contributed by atoms with Gasteiger partial charge in [-0.3, -0.25) is 4.99 Å². The lowest BCUT2D eigenvalue weighted by molar-refractivity contribution is 0.151. The number of alkyl halides is 1. The van der Waals surface area contributed by atoms with Crippen LogP contribution in [0, 0.1) is 11.3 Å². The molecule has 1 atom stereocenters. The lowest BCUT2D eigenvalue weighted by Crippen LogP contribution is -2.40.